The summed E-state index contributed by atoms with van der Waals surface area (Å²) in [6, 6.07) is 0. The van der Waals surface area contributed by atoms with Gasteiger partial charge in [-0.3, -0.25) is 0 Å². The van der Waals surface area contributed by atoms with Gasteiger partial charge in [-0.1, -0.05) is 39.5 Å². The summed E-state index contributed by atoms with van der Waals surface area (Å²) in [4.78, 5) is 0. The van der Waals surface area contributed by atoms with Gasteiger partial charge in [-0.2, -0.15) is 11.8 Å². The van der Waals surface area contributed by atoms with Gasteiger partial charge in [0.05, 0.1) is 0 Å². The summed E-state index contributed by atoms with van der Waals surface area (Å²) in [5.74, 6) is 4.63. The van der Waals surface area contributed by atoms with E-state index in [2.05, 4.69) is 30.9 Å². The van der Waals surface area contributed by atoms with Crippen molar-refractivity contribution in [3.63, 3.8) is 0 Å². The Morgan fingerprint density at radius 3 is 2.62 bits per heavy atom. The molecule has 0 heterocycles. The molecule has 0 saturated heterocycles. The highest BCUT2D eigenvalue weighted by Crippen LogP contribution is 2.33. The summed E-state index contributed by atoms with van der Waals surface area (Å²) in [5, 5.41) is 3.63. The molecule has 0 aliphatic heterocycles. The molecule has 1 aliphatic carbocycles. The van der Waals surface area contributed by atoms with E-state index in [1.165, 1.54) is 63.1 Å². The predicted molar refractivity (Wildman–Crippen MR) is 76.2 cm³/mol. The SMILES string of the molecule is CCCNCC(CCSCC)C1CCCC1. The van der Waals surface area contributed by atoms with Crippen LogP contribution in [0.15, 0.2) is 0 Å². The molecule has 1 unspecified atom stereocenters. The second-order valence-electron chi connectivity index (χ2n) is 4.99. The van der Waals surface area contributed by atoms with Crippen LogP contribution >= 0.6 is 11.8 Å². The Balaban J connectivity index is 2.22. The smallest absolute Gasteiger partial charge is 0.00176 e. The molecule has 16 heavy (non-hydrogen) atoms. The quantitative estimate of drug-likeness (QED) is 0.616. The zero-order valence-corrected chi connectivity index (χ0v) is 12.0. The lowest BCUT2D eigenvalue weighted by atomic mass is 9.88. The lowest BCUT2D eigenvalue weighted by molar-refractivity contribution is 0.316. The van der Waals surface area contributed by atoms with Gasteiger partial charge in [0.1, 0.15) is 0 Å². The normalized spacial score (nSPS) is 19.1. The first-order chi connectivity index (χ1) is 7.88. The lowest BCUT2D eigenvalue weighted by Crippen LogP contribution is -2.28. The third-order valence-corrected chi connectivity index (χ3v) is 4.67. The lowest BCUT2D eigenvalue weighted by Gasteiger charge is -2.23. The van der Waals surface area contributed by atoms with Gasteiger partial charge in [-0.15, -0.1) is 0 Å². The molecule has 0 spiro atoms. The molecule has 0 aromatic carbocycles. The Hall–Kier alpha value is 0.310. The Labute approximate surface area is 106 Å². The van der Waals surface area contributed by atoms with Crippen LogP contribution in [-0.2, 0) is 0 Å². The van der Waals surface area contributed by atoms with Crippen LogP contribution in [0.25, 0.3) is 0 Å². The molecule has 1 atom stereocenters. The summed E-state index contributed by atoms with van der Waals surface area (Å²) < 4.78 is 0. The van der Waals surface area contributed by atoms with Crippen molar-refractivity contribution in [3.05, 3.63) is 0 Å². The van der Waals surface area contributed by atoms with Gasteiger partial charge >= 0.3 is 0 Å². The van der Waals surface area contributed by atoms with E-state index in [4.69, 9.17) is 0 Å². The molecule has 1 saturated carbocycles. The molecule has 0 aromatic rings. The van der Waals surface area contributed by atoms with Crippen molar-refractivity contribution in [2.45, 2.75) is 52.4 Å². The minimum atomic E-state index is 0.952. The molecule has 0 aromatic heterocycles. The van der Waals surface area contributed by atoms with Crippen LogP contribution in [0.3, 0.4) is 0 Å². The van der Waals surface area contributed by atoms with Crippen LogP contribution < -0.4 is 5.32 Å². The molecular weight excluding hydrogens is 214 g/mol. The third kappa shape index (κ3) is 5.58. The maximum absolute atomic E-state index is 3.63. The van der Waals surface area contributed by atoms with Gasteiger partial charge in [0.15, 0.2) is 0 Å². The number of hydrogen-bond acceptors (Lipinski definition) is 2. The van der Waals surface area contributed by atoms with Crippen molar-refractivity contribution < 1.29 is 0 Å². The average Bonchev–Trinajstić information content (AvgIpc) is 2.81. The number of hydrogen-bond donors (Lipinski definition) is 1. The minimum Gasteiger partial charge on any atom is -0.316 e. The summed E-state index contributed by atoms with van der Waals surface area (Å²) >= 11 is 2.11. The zero-order chi connectivity index (χ0) is 11.6. The molecule has 96 valence electrons. The first-order valence-electron chi connectivity index (χ1n) is 7.16. The van der Waals surface area contributed by atoms with E-state index in [0.717, 1.165) is 11.8 Å². The first-order valence-corrected chi connectivity index (χ1v) is 8.32. The fraction of sp³-hybridized carbons (Fsp3) is 1.00. The summed E-state index contributed by atoms with van der Waals surface area (Å²) in [5.41, 5.74) is 0. The molecule has 1 N–H and O–H groups in total. The molecule has 1 fully saturated rings. The highest BCUT2D eigenvalue weighted by molar-refractivity contribution is 7.99. The van der Waals surface area contributed by atoms with Crippen molar-refractivity contribution >= 4 is 11.8 Å². The second-order valence-corrected chi connectivity index (χ2v) is 6.39. The Kier molecular flexibility index (Phi) is 8.40. The fourth-order valence-electron chi connectivity index (χ4n) is 2.78. The van der Waals surface area contributed by atoms with E-state index in [1.807, 2.05) is 0 Å². The fourth-order valence-corrected chi connectivity index (χ4v) is 3.53. The average molecular weight is 243 g/mol. The van der Waals surface area contributed by atoms with E-state index in [0.29, 0.717) is 0 Å². The predicted octanol–water partition coefficient (Wildman–Crippen LogP) is 3.94. The molecule has 2 heteroatoms. The maximum Gasteiger partial charge on any atom is -0.00176 e. The first kappa shape index (κ1) is 14.4. The van der Waals surface area contributed by atoms with Crippen molar-refractivity contribution in [2.24, 2.45) is 11.8 Å². The highest BCUT2D eigenvalue weighted by Gasteiger charge is 2.24. The molecular formula is C14H29NS. The maximum atomic E-state index is 3.63. The van der Waals surface area contributed by atoms with E-state index in [1.54, 1.807) is 0 Å². The Bertz CT molecular complexity index is 145. The molecule has 1 aliphatic rings. The van der Waals surface area contributed by atoms with Crippen molar-refractivity contribution in [2.75, 3.05) is 24.6 Å². The van der Waals surface area contributed by atoms with E-state index in [-0.39, 0.29) is 0 Å². The van der Waals surface area contributed by atoms with Crippen LogP contribution in [-0.4, -0.2) is 24.6 Å². The summed E-state index contributed by atoms with van der Waals surface area (Å²) in [6.45, 7) is 6.99. The highest BCUT2D eigenvalue weighted by atomic mass is 32.2. The topological polar surface area (TPSA) is 12.0 Å². The van der Waals surface area contributed by atoms with E-state index in [9.17, 15) is 0 Å². The van der Waals surface area contributed by atoms with E-state index >= 15 is 0 Å². The van der Waals surface area contributed by atoms with Gasteiger partial charge in [-0.05, 0) is 49.3 Å². The summed E-state index contributed by atoms with van der Waals surface area (Å²) in [7, 11) is 0. The standard InChI is InChI=1S/C14H29NS/c1-3-10-15-12-14(9-11-16-4-2)13-7-5-6-8-13/h13-15H,3-12H2,1-2H3. The Morgan fingerprint density at radius 2 is 2.00 bits per heavy atom. The van der Waals surface area contributed by atoms with Gasteiger partial charge in [0.25, 0.3) is 0 Å². The van der Waals surface area contributed by atoms with Gasteiger partial charge < -0.3 is 5.32 Å². The zero-order valence-electron chi connectivity index (χ0n) is 11.1. The molecule has 1 nitrogen and oxygen atoms in total. The number of rotatable bonds is 9. The number of thioether (sulfide) groups is 1. The van der Waals surface area contributed by atoms with Crippen LogP contribution in [0.4, 0.5) is 0 Å². The second kappa shape index (κ2) is 9.35. The minimum absolute atomic E-state index is 0.952. The molecule has 0 amide bonds. The van der Waals surface area contributed by atoms with E-state index < -0.39 is 0 Å². The van der Waals surface area contributed by atoms with Crippen molar-refractivity contribution in [1.82, 2.24) is 5.32 Å². The molecule has 0 radical (unpaired) electrons. The largest absolute Gasteiger partial charge is 0.316 e. The molecule has 1 rings (SSSR count). The van der Waals surface area contributed by atoms with Crippen molar-refractivity contribution in [3.8, 4) is 0 Å². The third-order valence-electron chi connectivity index (χ3n) is 3.74. The van der Waals surface area contributed by atoms with Gasteiger partial charge in [0.2, 0.25) is 0 Å². The van der Waals surface area contributed by atoms with Crippen LogP contribution in [0.2, 0.25) is 0 Å². The summed E-state index contributed by atoms with van der Waals surface area (Å²) in [6.07, 6.45) is 8.65. The van der Waals surface area contributed by atoms with Crippen LogP contribution in [0.5, 0.6) is 0 Å². The molecule has 0 bridgehead atoms. The van der Waals surface area contributed by atoms with Gasteiger partial charge in [0, 0.05) is 0 Å². The Morgan fingerprint density at radius 1 is 1.25 bits per heavy atom. The number of nitrogens with one attached hydrogen (secondary N) is 1. The van der Waals surface area contributed by atoms with Gasteiger partial charge in [-0.25, -0.2) is 0 Å². The van der Waals surface area contributed by atoms with Crippen LogP contribution in [0, 0.1) is 11.8 Å². The monoisotopic (exact) mass is 243 g/mol. The van der Waals surface area contributed by atoms with Crippen molar-refractivity contribution in [1.29, 1.82) is 0 Å². The van der Waals surface area contributed by atoms with Crippen LogP contribution in [0.1, 0.15) is 52.4 Å².